The molecule has 0 radical (unpaired) electrons. The number of hydrazone groups is 1. The molecule has 25 heavy (non-hydrogen) atoms. The second kappa shape index (κ2) is 9.85. The Hall–Kier alpha value is -1.50. The number of amides is 1. The van der Waals surface area contributed by atoms with E-state index in [4.69, 9.17) is 16.3 Å². The second-order valence-electron chi connectivity index (χ2n) is 5.13. The third kappa shape index (κ3) is 6.38. The molecule has 0 atom stereocenters. The fraction of sp³-hybridized carbons (Fsp3) is 0.222. The lowest BCUT2D eigenvalue weighted by atomic mass is 10.1. The zero-order valence-corrected chi connectivity index (χ0v) is 17.0. The van der Waals surface area contributed by atoms with Crippen LogP contribution in [0.4, 0.5) is 0 Å². The van der Waals surface area contributed by atoms with Gasteiger partial charge in [0.15, 0.2) is 0 Å². The Balaban J connectivity index is 1.82. The highest BCUT2D eigenvalue weighted by molar-refractivity contribution is 9.10. The Kier molecular flexibility index (Phi) is 7.81. The van der Waals surface area contributed by atoms with Gasteiger partial charge in [-0.25, -0.2) is 5.43 Å². The predicted octanol–water partition coefficient (Wildman–Crippen LogP) is 5.13. The van der Waals surface area contributed by atoms with E-state index >= 15 is 0 Å². The zero-order chi connectivity index (χ0) is 18.2. The first kappa shape index (κ1) is 19.8. The fourth-order valence-electron chi connectivity index (χ4n) is 1.95. The number of benzene rings is 2. The number of ether oxygens (including phenoxy) is 1. The molecule has 0 saturated carbocycles. The van der Waals surface area contributed by atoms with Crippen LogP contribution in [0.5, 0.6) is 5.75 Å². The summed E-state index contributed by atoms with van der Waals surface area (Å²) in [7, 11) is 1.61. The number of thioether (sulfide) groups is 1. The molecule has 1 N–H and O–H groups in total. The number of hydrogen-bond donors (Lipinski definition) is 1. The van der Waals surface area contributed by atoms with E-state index in [1.54, 1.807) is 18.9 Å². The van der Waals surface area contributed by atoms with E-state index in [0.717, 1.165) is 26.4 Å². The van der Waals surface area contributed by atoms with E-state index in [0.29, 0.717) is 17.2 Å². The van der Waals surface area contributed by atoms with Crippen molar-refractivity contribution in [3.05, 3.63) is 57.5 Å². The number of halogens is 2. The van der Waals surface area contributed by atoms with Crippen molar-refractivity contribution in [3.63, 3.8) is 0 Å². The van der Waals surface area contributed by atoms with Gasteiger partial charge in [-0.2, -0.15) is 5.10 Å². The van der Waals surface area contributed by atoms with Crippen LogP contribution in [0.3, 0.4) is 0 Å². The third-order valence-corrected chi connectivity index (χ3v) is 5.21. The van der Waals surface area contributed by atoms with Crippen molar-refractivity contribution in [3.8, 4) is 5.75 Å². The van der Waals surface area contributed by atoms with E-state index in [1.165, 1.54) is 0 Å². The molecule has 4 nitrogen and oxygen atoms in total. The van der Waals surface area contributed by atoms with Crippen LogP contribution < -0.4 is 10.2 Å². The van der Waals surface area contributed by atoms with Gasteiger partial charge >= 0.3 is 0 Å². The van der Waals surface area contributed by atoms with Crippen molar-refractivity contribution >= 4 is 50.9 Å². The maximum absolute atomic E-state index is 11.9. The molecule has 2 aromatic carbocycles. The molecule has 0 aromatic heterocycles. The number of nitrogens with one attached hydrogen (secondary N) is 1. The van der Waals surface area contributed by atoms with Gasteiger partial charge in [-0.15, -0.1) is 11.8 Å². The van der Waals surface area contributed by atoms with E-state index in [2.05, 4.69) is 26.5 Å². The minimum Gasteiger partial charge on any atom is -0.496 e. The number of carbonyl (C=O) groups excluding carboxylic acids is 1. The van der Waals surface area contributed by atoms with Crippen LogP contribution in [0.2, 0.25) is 5.02 Å². The summed E-state index contributed by atoms with van der Waals surface area (Å²) < 4.78 is 6.04. The standard InChI is InChI=1S/C18H18BrClN2O2S/c1-12(13-3-8-17(24-2)16(19)11-13)21-22-18(23)9-10-25-15-6-4-14(20)5-7-15/h3-8,11H,9-10H2,1-2H3,(H,22,23)/b21-12+. The maximum Gasteiger partial charge on any atom is 0.240 e. The highest BCUT2D eigenvalue weighted by atomic mass is 79.9. The SMILES string of the molecule is COc1ccc(/C(C)=N/NC(=O)CCSc2ccc(Cl)cc2)cc1Br. The topological polar surface area (TPSA) is 50.7 Å². The summed E-state index contributed by atoms with van der Waals surface area (Å²) in [6, 6.07) is 13.2. The molecule has 0 saturated heterocycles. The first-order valence-corrected chi connectivity index (χ1v) is 9.70. The summed E-state index contributed by atoms with van der Waals surface area (Å²) >= 11 is 10.9. The van der Waals surface area contributed by atoms with E-state index in [-0.39, 0.29) is 5.91 Å². The van der Waals surface area contributed by atoms with Crippen molar-refractivity contribution < 1.29 is 9.53 Å². The maximum atomic E-state index is 11.9. The minimum absolute atomic E-state index is 0.117. The van der Waals surface area contributed by atoms with Gasteiger partial charge in [0.2, 0.25) is 5.91 Å². The molecule has 132 valence electrons. The van der Waals surface area contributed by atoms with E-state index in [1.807, 2.05) is 49.4 Å². The Morgan fingerprint density at radius 3 is 2.64 bits per heavy atom. The molecular weight excluding hydrogens is 424 g/mol. The molecule has 1 amide bonds. The first-order chi connectivity index (χ1) is 12.0. The van der Waals surface area contributed by atoms with Gasteiger partial charge in [-0.05, 0) is 70.9 Å². The zero-order valence-electron chi connectivity index (χ0n) is 13.9. The number of hydrogen-bond acceptors (Lipinski definition) is 4. The number of nitrogens with zero attached hydrogens (tertiary/aromatic N) is 1. The summed E-state index contributed by atoms with van der Waals surface area (Å²) in [5, 5.41) is 4.86. The lowest BCUT2D eigenvalue weighted by Gasteiger charge is -2.07. The summed E-state index contributed by atoms with van der Waals surface area (Å²) in [4.78, 5) is 13.0. The number of carbonyl (C=O) groups is 1. The average molecular weight is 442 g/mol. The molecule has 2 aromatic rings. The average Bonchev–Trinajstić information content (AvgIpc) is 2.61. The highest BCUT2D eigenvalue weighted by Gasteiger charge is 2.05. The van der Waals surface area contributed by atoms with Crippen molar-refractivity contribution in [2.24, 2.45) is 5.10 Å². The van der Waals surface area contributed by atoms with Crippen molar-refractivity contribution in [2.45, 2.75) is 18.2 Å². The first-order valence-electron chi connectivity index (χ1n) is 7.55. The van der Waals surface area contributed by atoms with Gasteiger partial charge in [-0.3, -0.25) is 4.79 Å². The molecule has 0 heterocycles. The second-order valence-corrected chi connectivity index (χ2v) is 7.59. The summed E-state index contributed by atoms with van der Waals surface area (Å²) in [6.45, 7) is 1.84. The molecule has 2 rings (SSSR count). The van der Waals surface area contributed by atoms with Gasteiger partial charge in [0.25, 0.3) is 0 Å². The van der Waals surface area contributed by atoms with Gasteiger partial charge in [0.05, 0.1) is 17.3 Å². The smallest absolute Gasteiger partial charge is 0.240 e. The largest absolute Gasteiger partial charge is 0.496 e. The van der Waals surface area contributed by atoms with Gasteiger partial charge in [0.1, 0.15) is 5.75 Å². The Bertz CT molecular complexity index is 766. The normalized spacial score (nSPS) is 11.3. The molecule has 0 aliphatic carbocycles. The van der Waals surface area contributed by atoms with Crippen LogP contribution >= 0.6 is 39.3 Å². The molecular formula is C18H18BrClN2O2S. The number of rotatable bonds is 7. The summed E-state index contributed by atoms with van der Waals surface area (Å²) in [6.07, 6.45) is 0.385. The van der Waals surface area contributed by atoms with Crippen molar-refractivity contribution in [1.82, 2.24) is 5.43 Å². The molecule has 0 unspecified atom stereocenters. The molecule has 0 aliphatic heterocycles. The Morgan fingerprint density at radius 1 is 1.28 bits per heavy atom. The van der Waals surface area contributed by atoms with Crippen LogP contribution in [0, 0.1) is 0 Å². The van der Waals surface area contributed by atoms with Crippen LogP contribution in [0.15, 0.2) is 56.9 Å². The van der Waals surface area contributed by atoms with Crippen molar-refractivity contribution in [1.29, 1.82) is 0 Å². The molecule has 0 fully saturated rings. The monoisotopic (exact) mass is 440 g/mol. The van der Waals surface area contributed by atoms with Gasteiger partial charge < -0.3 is 4.74 Å². The van der Waals surface area contributed by atoms with E-state index < -0.39 is 0 Å². The van der Waals surface area contributed by atoms with Crippen LogP contribution in [-0.2, 0) is 4.79 Å². The molecule has 7 heteroatoms. The number of methoxy groups -OCH3 is 1. The lowest BCUT2D eigenvalue weighted by molar-refractivity contribution is -0.120. The van der Waals surface area contributed by atoms with Gasteiger partial charge in [0, 0.05) is 22.1 Å². The molecule has 0 aliphatic rings. The fourth-order valence-corrected chi connectivity index (χ4v) is 3.47. The van der Waals surface area contributed by atoms with Crippen LogP contribution in [0.25, 0.3) is 0 Å². The van der Waals surface area contributed by atoms with Crippen molar-refractivity contribution in [2.75, 3.05) is 12.9 Å². The van der Waals surface area contributed by atoms with Crippen LogP contribution in [-0.4, -0.2) is 24.5 Å². The van der Waals surface area contributed by atoms with E-state index in [9.17, 15) is 4.79 Å². The van der Waals surface area contributed by atoms with Gasteiger partial charge in [-0.1, -0.05) is 11.6 Å². The minimum atomic E-state index is -0.117. The Labute approximate surface area is 165 Å². The summed E-state index contributed by atoms with van der Waals surface area (Å²) in [5.41, 5.74) is 4.22. The quantitative estimate of drug-likeness (QED) is 0.368. The predicted molar refractivity (Wildman–Crippen MR) is 108 cm³/mol. The summed E-state index contributed by atoms with van der Waals surface area (Å²) in [5.74, 6) is 1.31. The Morgan fingerprint density at radius 2 is 2.00 bits per heavy atom. The highest BCUT2D eigenvalue weighted by Crippen LogP contribution is 2.25. The third-order valence-electron chi connectivity index (χ3n) is 3.33. The molecule has 0 bridgehead atoms. The molecule has 0 spiro atoms. The van der Waals surface area contributed by atoms with Crippen LogP contribution in [0.1, 0.15) is 18.9 Å². The lowest BCUT2D eigenvalue weighted by Crippen LogP contribution is -2.19.